The first-order valence-electron chi connectivity index (χ1n) is 7.05. The van der Waals surface area contributed by atoms with Crippen molar-refractivity contribution >= 4 is 0 Å². The van der Waals surface area contributed by atoms with Crippen molar-refractivity contribution in [2.45, 2.75) is 45.2 Å². The summed E-state index contributed by atoms with van der Waals surface area (Å²) in [6, 6.07) is 0.638. The molecule has 0 amide bonds. The molecule has 0 radical (unpaired) electrons. The van der Waals surface area contributed by atoms with Gasteiger partial charge in [-0.05, 0) is 31.6 Å². The summed E-state index contributed by atoms with van der Waals surface area (Å²) >= 11 is 0. The first kappa shape index (κ1) is 13.3. The molecule has 2 rings (SSSR count). The van der Waals surface area contributed by atoms with Crippen LogP contribution in [0.2, 0.25) is 0 Å². The summed E-state index contributed by atoms with van der Waals surface area (Å²) in [6.07, 6.45) is 2.82. The van der Waals surface area contributed by atoms with E-state index in [1.807, 2.05) is 0 Å². The van der Waals surface area contributed by atoms with E-state index in [1.54, 1.807) is 7.11 Å². The molecular weight excluding hydrogens is 212 g/mol. The summed E-state index contributed by atoms with van der Waals surface area (Å²) in [4.78, 5) is 2.68. The molecule has 2 atom stereocenters. The SMILES string of the molecule is COCCN1CC(C(C)C)NCC1(C)C1CC1. The molecule has 1 N–H and O–H groups in total. The molecule has 0 bridgehead atoms. The van der Waals surface area contributed by atoms with Crippen LogP contribution in [-0.2, 0) is 4.74 Å². The van der Waals surface area contributed by atoms with Gasteiger partial charge in [0.25, 0.3) is 0 Å². The molecule has 0 aromatic carbocycles. The highest BCUT2D eigenvalue weighted by atomic mass is 16.5. The van der Waals surface area contributed by atoms with Gasteiger partial charge in [0, 0.05) is 38.3 Å². The zero-order valence-corrected chi connectivity index (χ0v) is 11.8. The third-order valence-electron chi connectivity index (χ3n) is 4.69. The summed E-state index contributed by atoms with van der Waals surface area (Å²) < 4.78 is 5.27. The Balaban J connectivity index is 2.01. The third kappa shape index (κ3) is 2.83. The molecule has 0 aromatic rings. The lowest BCUT2D eigenvalue weighted by Crippen LogP contribution is -2.65. The normalized spacial score (nSPS) is 35.5. The molecule has 1 aliphatic heterocycles. The van der Waals surface area contributed by atoms with Gasteiger partial charge >= 0.3 is 0 Å². The summed E-state index contributed by atoms with van der Waals surface area (Å²) in [5.74, 6) is 1.61. The van der Waals surface area contributed by atoms with E-state index in [-0.39, 0.29) is 0 Å². The van der Waals surface area contributed by atoms with E-state index >= 15 is 0 Å². The van der Waals surface area contributed by atoms with Gasteiger partial charge in [0.05, 0.1) is 6.61 Å². The standard InChI is InChI=1S/C14H28N2O/c1-11(2)13-9-16(7-8-17-4)14(3,10-15-13)12-5-6-12/h11-13,15H,5-10H2,1-4H3. The maximum Gasteiger partial charge on any atom is 0.0589 e. The Labute approximate surface area is 106 Å². The van der Waals surface area contributed by atoms with Crippen molar-refractivity contribution in [2.75, 3.05) is 33.4 Å². The van der Waals surface area contributed by atoms with Gasteiger partial charge in [-0.15, -0.1) is 0 Å². The fourth-order valence-electron chi connectivity index (χ4n) is 3.06. The zero-order valence-electron chi connectivity index (χ0n) is 11.8. The minimum absolute atomic E-state index is 0.365. The summed E-state index contributed by atoms with van der Waals surface area (Å²) in [5, 5.41) is 3.75. The van der Waals surface area contributed by atoms with Gasteiger partial charge < -0.3 is 10.1 Å². The molecular formula is C14H28N2O. The van der Waals surface area contributed by atoms with Crippen LogP contribution in [0.1, 0.15) is 33.6 Å². The number of rotatable bonds is 5. The van der Waals surface area contributed by atoms with E-state index in [0.29, 0.717) is 17.5 Å². The summed E-state index contributed by atoms with van der Waals surface area (Å²) in [5.41, 5.74) is 0.365. The minimum atomic E-state index is 0.365. The van der Waals surface area contributed by atoms with Crippen LogP contribution >= 0.6 is 0 Å². The highest BCUT2D eigenvalue weighted by molar-refractivity contribution is 5.05. The van der Waals surface area contributed by atoms with Crippen LogP contribution in [0, 0.1) is 11.8 Å². The van der Waals surface area contributed by atoms with Crippen LogP contribution in [0.4, 0.5) is 0 Å². The van der Waals surface area contributed by atoms with Gasteiger partial charge in [-0.25, -0.2) is 0 Å². The zero-order chi connectivity index (χ0) is 12.5. The second-order valence-electron chi connectivity index (χ2n) is 6.30. The highest BCUT2D eigenvalue weighted by Crippen LogP contribution is 2.44. The molecule has 1 heterocycles. The van der Waals surface area contributed by atoms with E-state index in [0.717, 1.165) is 25.6 Å². The smallest absolute Gasteiger partial charge is 0.0589 e. The van der Waals surface area contributed by atoms with E-state index < -0.39 is 0 Å². The quantitative estimate of drug-likeness (QED) is 0.792. The summed E-state index contributed by atoms with van der Waals surface area (Å²) in [7, 11) is 1.80. The van der Waals surface area contributed by atoms with Crippen LogP contribution in [0.3, 0.4) is 0 Å². The second-order valence-corrected chi connectivity index (χ2v) is 6.30. The van der Waals surface area contributed by atoms with Gasteiger partial charge in [-0.1, -0.05) is 13.8 Å². The molecule has 1 saturated carbocycles. The topological polar surface area (TPSA) is 24.5 Å². The number of hydrogen-bond donors (Lipinski definition) is 1. The van der Waals surface area contributed by atoms with Crippen molar-refractivity contribution < 1.29 is 4.74 Å². The predicted octanol–water partition coefficient (Wildman–Crippen LogP) is 1.73. The Bertz CT molecular complexity index is 253. The molecule has 100 valence electrons. The number of ether oxygens (including phenoxy) is 1. The van der Waals surface area contributed by atoms with Crippen molar-refractivity contribution in [1.82, 2.24) is 10.2 Å². The molecule has 2 fully saturated rings. The van der Waals surface area contributed by atoms with Crippen LogP contribution in [0.5, 0.6) is 0 Å². The molecule has 1 saturated heterocycles. The van der Waals surface area contributed by atoms with Crippen molar-refractivity contribution in [3.63, 3.8) is 0 Å². The first-order valence-corrected chi connectivity index (χ1v) is 7.05. The molecule has 0 spiro atoms. The van der Waals surface area contributed by atoms with E-state index in [1.165, 1.54) is 19.4 Å². The van der Waals surface area contributed by atoms with Crippen LogP contribution in [-0.4, -0.2) is 49.8 Å². The maximum absolute atomic E-state index is 5.27. The van der Waals surface area contributed by atoms with Crippen molar-refractivity contribution in [2.24, 2.45) is 11.8 Å². The number of piperazine rings is 1. The predicted molar refractivity (Wildman–Crippen MR) is 71.2 cm³/mol. The van der Waals surface area contributed by atoms with Gasteiger partial charge in [0.1, 0.15) is 0 Å². The highest BCUT2D eigenvalue weighted by Gasteiger charge is 2.48. The maximum atomic E-state index is 5.27. The molecule has 2 unspecified atom stereocenters. The van der Waals surface area contributed by atoms with Gasteiger partial charge in [-0.3, -0.25) is 4.90 Å². The fraction of sp³-hybridized carbons (Fsp3) is 1.00. The van der Waals surface area contributed by atoms with Gasteiger partial charge in [0.2, 0.25) is 0 Å². The molecule has 1 aliphatic carbocycles. The van der Waals surface area contributed by atoms with Crippen LogP contribution < -0.4 is 5.32 Å². The van der Waals surface area contributed by atoms with Crippen molar-refractivity contribution in [3.05, 3.63) is 0 Å². The molecule has 3 heteroatoms. The average Bonchev–Trinajstić information content (AvgIpc) is 3.11. The van der Waals surface area contributed by atoms with E-state index in [2.05, 4.69) is 31.0 Å². The van der Waals surface area contributed by atoms with Crippen molar-refractivity contribution in [1.29, 1.82) is 0 Å². The first-order chi connectivity index (χ1) is 8.08. The Morgan fingerprint density at radius 2 is 2.12 bits per heavy atom. The molecule has 0 aromatic heterocycles. The third-order valence-corrected chi connectivity index (χ3v) is 4.69. The van der Waals surface area contributed by atoms with Gasteiger partial charge in [-0.2, -0.15) is 0 Å². The fourth-order valence-corrected chi connectivity index (χ4v) is 3.06. The second kappa shape index (κ2) is 5.25. The van der Waals surface area contributed by atoms with Crippen LogP contribution in [0.15, 0.2) is 0 Å². The monoisotopic (exact) mass is 240 g/mol. The number of methoxy groups -OCH3 is 1. The summed E-state index contributed by atoms with van der Waals surface area (Å²) in [6.45, 7) is 11.3. The lowest BCUT2D eigenvalue weighted by Gasteiger charge is -2.49. The lowest BCUT2D eigenvalue weighted by atomic mass is 9.87. The van der Waals surface area contributed by atoms with E-state index in [9.17, 15) is 0 Å². The van der Waals surface area contributed by atoms with Crippen LogP contribution in [0.25, 0.3) is 0 Å². The van der Waals surface area contributed by atoms with Gasteiger partial charge in [0.15, 0.2) is 0 Å². The molecule has 2 aliphatic rings. The molecule has 3 nitrogen and oxygen atoms in total. The lowest BCUT2D eigenvalue weighted by molar-refractivity contribution is 0.00759. The molecule has 17 heavy (non-hydrogen) atoms. The number of hydrogen-bond acceptors (Lipinski definition) is 3. The minimum Gasteiger partial charge on any atom is -0.383 e. The Morgan fingerprint density at radius 3 is 2.65 bits per heavy atom. The van der Waals surface area contributed by atoms with Crippen molar-refractivity contribution in [3.8, 4) is 0 Å². The number of nitrogens with zero attached hydrogens (tertiary/aromatic N) is 1. The average molecular weight is 240 g/mol. The Kier molecular flexibility index (Phi) is 4.11. The Morgan fingerprint density at radius 1 is 1.41 bits per heavy atom. The Hall–Kier alpha value is -0.120. The largest absolute Gasteiger partial charge is 0.383 e. The number of nitrogens with one attached hydrogen (secondary N) is 1. The van der Waals surface area contributed by atoms with E-state index in [4.69, 9.17) is 4.74 Å².